The fourth-order valence-electron chi connectivity index (χ4n) is 3.67. The molecule has 3 aromatic rings. The molecule has 3 nitrogen and oxygen atoms in total. The quantitative estimate of drug-likeness (QED) is 0.449. The maximum atomic E-state index is 9.56. The molecular weight excluding hydrogens is 367 g/mol. The molecule has 0 atom stereocenters. The summed E-state index contributed by atoms with van der Waals surface area (Å²) in [5.41, 5.74) is 6.57. The zero-order valence-electron chi connectivity index (χ0n) is 16.8. The van der Waals surface area contributed by atoms with Crippen LogP contribution < -0.4 is 4.52 Å². The molecule has 0 heterocycles. The molecule has 0 radical (unpaired) electrons. The molecule has 0 aliphatic rings. The van der Waals surface area contributed by atoms with Crippen LogP contribution >= 0.6 is 8.60 Å². The summed E-state index contributed by atoms with van der Waals surface area (Å²) >= 11 is 0. The SMILES string of the molecule is CC(C)c1ccccc1-c1cccc(OP(O)O)c1-c1ccccc1C(C)C. The molecule has 28 heavy (non-hydrogen) atoms. The van der Waals surface area contributed by atoms with Crippen molar-refractivity contribution in [2.75, 3.05) is 0 Å². The zero-order valence-corrected chi connectivity index (χ0v) is 17.6. The maximum Gasteiger partial charge on any atom is 0.391 e. The summed E-state index contributed by atoms with van der Waals surface area (Å²) in [6.07, 6.45) is 0. The Morgan fingerprint density at radius 1 is 0.643 bits per heavy atom. The first kappa shape index (κ1) is 20.5. The third kappa shape index (κ3) is 4.28. The molecule has 0 spiro atoms. The average Bonchev–Trinajstić information content (AvgIpc) is 2.67. The van der Waals surface area contributed by atoms with Gasteiger partial charge in [0, 0.05) is 5.56 Å². The Morgan fingerprint density at radius 3 is 1.71 bits per heavy atom. The summed E-state index contributed by atoms with van der Waals surface area (Å²) < 4.78 is 5.47. The van der Waals surface area contributed by atoms with Crippen molar-refractivity contribution in [1.29, 1.82) is 0 Å². The van der Waals surface area contributed by atoms with Crippen molar-refractivity contribution in [2.45, 2.75) is 39.5 Å². The van der Waals surface area contributed by atoms with Gasteiger partial charge in [-0.25, -0.2) is 0 Å². The van der Waals surface area contributed by atoms with Gasteiger partial charge in [-0.2, -0.15) is 0 Å². The molecule has 146 valence electrons. The Kier molecular flexibility index (Phi) is 6.51. The monoisotopic (exact) mass is 394 g/mol. The average molecular weight is 394 g/mol. The lowest BCUT2D eigenvalue weighted by Crippen LogP contribution is -1.99. The smallest absolute Gasteiger partial charge is 0.391 e. The summed E-state index contributed by atoms with van der Waals surface area (Å²) in [6, 6.07) is 22.4. The minimum absolute atomic E-state index is 0.321. The third-order valence-electron chi connectivity index (χ3n) is 4.93. The summed E-state index contributed by atoms with van der Waals surface area (Å²) in [5, 5.41) is 0. The van der Waals surface area contributed by atoms with Gasteiger partial charge in [-0.15, -0.1) is 0 Å². The summed E-state index contributed by atoms with van der Waals surface area (Å²) in [6.45, 7) is 8.69. The second-order valence-corrected chi connectivity index (χ2v) is 8.19. The molecule has 0 aliphatic carbocycles. The van der Waals surface area contributed by atoms with E-state index >= 15 is 0 Å². The number of rotatable bonds is 6. The highest BCUT2D eigenvalue weighted by molar-refractivity contribution is 7.39. The summed E-state index contributed by atoms with van der Waals surface area (Å²) in [7, 11) is -2.51. The van der Waals surface area contributed by atoms with Crippen molar-refractivity contribution in [3.05, 3.63) is 77.9 Å². The van der Waals surface area contributed by atoms with Crippen LogP contribution in [-0.4, -0.2) is 9.79 Å². The van der Waals surface area contributed by atoms with E-state index in [2.05, 4.69) is 64.1 Å². The third-order valence-corrected chi connectivity index (χ3v) is 5.29. The number of benzene rings is 3. The van der Waals surface area contributed by atoms with E-state index in [1.807, 2.05) is 24.3 Å². The van der Waals surface area contributed by atoms with Crippen LogP contribution in [0.2, 0.25) is 0 Å². The highest BCUT2D eigenvalue weighted by Gasteiger charge is 2.21. The Labute approximate surface area is 168 Å². The van der Waals surface area contributed by atoms with Crippen LogP contribution in [0.5, 0.6) is 5.75 Å². The van der Waals surface area contributed by atoms with Crippen molar-refractivity contribution in [1.82, 2.24) is 0 Å². The van der Waals surface area contributed by atoms with E-state index in [1.54, 1.807) is 6.07 Å². The van der Waals surface area contributed by atoms with E-state index < -0.39 is 8.60 Å². The second-order valence-electron chi connectivity index (χ2n) is 7.51. The first-order valence-corrected chi connectivity index (χ1v) is 10.7. The molecule has 0 aliphatic heterocycles. The highest BCUT2D eigenvalue weighted by atomic mass is 31.2. The van der Waals surface area contributed by atoms with E-state index in [1.165, 1.54) is 11.1 Å². The fraction of sp³-hybridized carbons (Fsp3) is 0.250. The molecule has 0 amide bonds. The molecule has 0 saturated carbocycles. The van der Waals surface area contributed by atoms with Crippen LogP contribution in [0.1, 0.15) is 50.7 Å². The summed E-state index contributed by atoms with van der Waals surface area (Å²) in [5.74, 6) is 1.17. The topological polar surface area (TPSA) is 49.7 Å². The van der Waals surface area contributed by atoms with E-state index in [0.29, 0.717) is 17.6 Å². The fourth-order valence-corrected chi connectivity index (χ4v) is 4.00. The van der Waals surface area contributed by atoms with E-state index in [9.17, 15) is 9.79 Å². The van der Waals surface area contributed by atoms with Crippen LogP contribution in [-0.2, 0) is 0 Å². The minimum Gasteiger partial charge on any atom is -0.426 e. The summed E-state index contributed by atoms with van der Waals surface area (Å²) in [4.78, 5) is 19.1. The molecule has 3 rings (SSSR count). The molecule has 0 saturated heterocycles. The van der Waals surface area contributed by atoms with Gasteiger partial charge in [-0.1, -0.05) is 88.4 Å². The van der Waals surface area contributed by atoms with Gasteiger partial charge in [0.05, 0.1) is 0 Å². The molecular formula is C24H27O3P. The first-order chi connectivity index (χ1) is 13.4. The van der Waals surface area contributed by atoms with Gasteiger partial charge in [-0.05, 0) is 45.7 Å². The van der Waals surface area contributed by atoms with Crippen molar-refractivity contribution >= 4 is 8.60 Å². The molecule has 0 aromatic heterocycles. The van der Waals surface area contributed by atoms with Crippen molar-refractivity contribution < 1.29 is 14.3 Å². The highest BCUT2D eigenvalue weighted by Crippen LogP contribution is 2.46. The number of hydrogen-bond acceptors (Lipinski definition) is 3. The molecule has 2 N–H and O–H groups in total. The van der Waals surface area contributed by atoms with Gasteiger partial charge in [0.1, 0.15) is 5.75 Å². The van der Waals surface area contributed by atoms with E-state index in [-0.39, 0.29) is 0 Å². The second kappa shape index (κ2) is 8.87. The lowest BCUT2D eigenvalue weighted by Gasteiger charge is -2.22. The van der Waals surface area contributed by atoms with Crippen molar-refractivity contribution in [2.24, 2.45) is 0 Å². The number of hydrogen-bond donors (Lipinski definition) is 2. The minimum atomic E-state index is -2.51. The van der Waals surface area contributed by atoms with Crippen molar-refractivity contribution in [3.8, 4) is 28.0 Å². The van der Waals surface area contributed by atoms with Gasteiger partial charge in [0.25, 0.3) is 0 Å². The lowest BCUT2D eigenvalue weighted by atomic mass is 9.85. The molecule has 4 heteroatoms. The Hall–Kier alpha value is -2.19. The van der Waals surface area contributed by atoms with Gasteiger partial charge >= 0.3 is 8.60 Å². The molecule has 3 aromatic carbocycles. The van der Waals surface area contributed by atoms with Crippen LogP contribution in [0.3, 0.4) is 0 Å². The molecule has 0 bridgehead atoms. The van der Waals surface area contributed by atoms with Gasteiger partial charge in [-0.3, -0.25) is 0 Å². The predicted molar refractivity (Wildman–Crippen MR) is 117 cm³/mol. The standard InChI is InChI=1S/C24H27O3P/c1-16(2)18-10-5-7-12-20(18)22-14-9-15-23(27-28(25)26)24(22)21-13-8-6-11-19(21)17(3)4/h5-17,25-26H,1-4H3. The Morgan fingerprint density at radius 2 is 1.14 bits per heavy atom. The predicted octanol–water partition coefficient (Wildman–Crippen LogP) is 6.86. The van der Waals surface area contributed by atoms with Crippen LogP contribution in [0.4, 0.5) is 0 Å². The van der Waals surface area contributed by atoms with Gasteiger partial charge in [0.2, 0.25) is 0 Å². The van der Waals surface area contributed by atoms with E-state index in [0.717, 1.165) is 22.3 Å². The Bertz CT molecular complexity index is 948. The Balaban J connectivity index is 2.35. The van der Waals surface area contributed by atoms with E-state index in [4.69, 9.17) is 4.52 Å². The normalized spacial score (nSPS) is 11.5. The maximum absolute atomic E-state index is 9.56. The van der Waals surface area contributed by atoms with Crippen molar-refractivity contribution in [3.63, 3.8) is 0 Å². The largest absolute Gasteiger partial charge is 0.426 e. The lowest BCUT2D eigenvalue weighted by molar-refractivity contribution is 0.375. The molecule has 0 unspecified atom stereocenters. The first-order valence-electron chi connectivity index (χ1n) is 9.57. The van der Waals surface area contributed by atoms with Crippen LogP contribution in [0.15, 0.2) is 66.7 Å². The van der Waals surface area contributed by atoms with Crippen LogP contribution in [0, 0.1) is 0 Å². The van der Waals surface area contributed by atoms with Gasteiger partial charge < -0.3 is 14.3 Å². The molecule has 0 fully saturated rings. The zero-order chi connectivity index (χ0) is 20.3. The van der Waals surface area contributed by atoms with Gasteiger partial charge in [0.15, 0.2) is 0 Å². The van der Waals surface area contributed by atoms with Crippen LogP contribution in [0.25, 0.3) is 22.3 Å².